The molecule has 0 amide bonds. The van der Waals surface area contributed by atoms with Gasteiger partial charge in [0.2, 0.25) is 5.95 Å². The Bertz CT molecular complexity index is 1020. The highest BCUT2D eigenvalue weighted by molar-refractivity contribution is 5.90. The topological polar surface area (TPSA) is 92.0 Å². The van der Waals surface area contributed by atoms with Gasteiger partial charge in [0.1, 0.15) is 17.5 Å². The molecule has 0 bridgehead atoms. The van der Waals surface area contributed by atoms with Gasteiger partial charge in [-0.15, -0.1) is 10.2 Å². The second-order valence-electron chi connectivity index (χ2n) is 8.26. The first-order chi connectivity index (χ1) is 14.8. The van der Waals surface area contributed by atoms with Crippen LogP contribution in [0, 0.1) is 0 Å². The number of nitrogens with zero attached hydrogens (tertiary/aromatic N) is 6. The molecule has 0 spiro atoms. The van der Waals surface area contributed by atoms with Gasteiger partial charge in [0, 0.05) is 43.9 Å². The molecular formula is C22H29N7O. The van der Waals surface area contributed by atoms with Gasteiger partial charge in [0.25, 0.3) is 0 Å². The van der Waals surface area contributed by atoms with Crippen LogP contribution in [0.3, 0.4) is 0 Å². The summed E-state index contributed by atoms with van der Waals surface area (Å²) >= 11 is 0. The Morgan fingerprint density at radius 3 is 2.90 bits per heavy atom. The Morgan fingerprint density at radius 2 is 1.97 bits per heavy atom. The molecule has 2 N–H and O–H groups in total. The number of para-hydroxylation sites is 1. The second-order valence-corrected chi connectivity index (χ2v) is 8.26. The molecule has 1 unspecified atom stereocenters. The van der Waals surface area contributed by atoms with E-state index in [1.807, 2.05) is 24.3 Å². The van der Waals surface area contributed by atoms with E-state index in [0.29, 0.717) is 12.5 Å². The SMILES string of the molecule is OCCNc1nc(N2CCCC(c3nnc4n3CCCCC4)C2)nc2ccccc12. The molecule has 5 rings (SSSR count). The van der Waals surface area contributed by atoms with E-state index in [1.54, 1.807) is 0 Å². The highest BCUT2D eigenvalue weighted by atomic mass is 16.3. The van der Waals surface area contributed by atoms with E-state index in [1.165, 1.54) is 19.3 Å². The van der Waals surface area contributed by atoms with Crippen LogP contribution < -0.4 is 10.2 Å². The fourth-order valence-electron chi connectivity index (χ4n) is 4.69. The molecule has 0 saturated carbocycles. The predicted octanol–water partition coefficient (Wildman–Crippen LogP) is 2.74. The third-order valence-corrected chi connectivity index (χ3v) is 6.20. The number of hydrogen-bond donors (Lipinski definition) is 2. The molecule has 0 radical (unpaired) electrons. The van der Waals surface area contributed by atoms with Crippen LogP contribution in [0.4, 0.5) is 11.8 Å². The number of aryl methyl sites for hydroxylation is 1. The van der Waals surface area contributed by atoms with Gasteiger partial charge in [0.05, 0.1) is 12.1 Å². The molecule has 30 heavy (non-hydrogen) atoms. The zero-order valence-electron chi connectivity index (χ0n) is 17.3. The fourth-order valence-corrected chi connectivity index (χ4v) is 4.69. The van der Waals surface area contributed by atoms with Gasteiger partial charge >= 0.3 is 0 Å². The lowest BCUT2D eigenvalue weighted by Gasteiger charge is -2.32. The van der Waals surface area contributed by atoms with Gasteiger partial charge in [-0.1, -0.05) is 18.6 Å². The number of hydrogen-bond acceptors (Lipinski definition) is 7. The minimum Gasteiger partial charge on any atom is -0.395 e. The molecule has 1 aromatic carbocycles. The fraction of sp³-hybridized carbons (Fsp3) is 0.545. The van der Waals surface area contributed by atoms with Crippen molar-refractivity contribution in [2.45, 2.75) is 51.0 Å². The average molecular weight is 408 g/mol. The first-order valence-electron chi connectivity index (χ1n) is 11.1. The van der Waals surface area contributed by atoms with Crippen LogP contribution in [0.25, 0.3) is 10.9 Å². The van der Waals surface area contributed by atoms with E-state index in [0.717, 1.165) is 73.2 Å². The van der Waals surface area contributed by atoms with Crippen LogP contribution in [0.1, 0.15) is 49.7 Å². The van der Waals surface area contributed by atoms with Crippen LogP contribution in [-0.4, -0.2) is 56.1 Å². The van der Waals surface area contributed by atoms with Crippen LogP contribution >= 0.6 is 0 Å². The van der Waals surface area contributed by atoms with Crippen molar-refractivity contribution in [2.75, 3.05) is 36.5 Å². The van der Waals surface area contributed by atoms with E-state index < -0.39 is 0 Å². The minimum atomic E-state index is 0.0669. The summed E-state index contributed by atoms with van der Waals surface area (Å²) in [5.74, 6) is 4.16. The summed E-state index contributed by atoms with van der Waals surface area (Å²) in [5, 5.41) is 22.6. The van der Waals surface area contributed by atoms with Crippen molar-refractivity contribution in [3.05, 3.63) is 35.9 Å². The first-order valence-corrected chi connectivity index (χ1v) is 11.1. The Labute approximate surface area is 176 Å². The third-order valence-electron chi connectivity index (χ3n) is 6.20. The molecule has 2 aromatic heterocycles. The van der Waals surface area contributed by atoms with Crippen molar-refractivity contribution in [1.82, 2.24) is 24.7 Å². The van der Waals surface area contributed by atoms with Crippen LogP contribution in [0.5, 0.6) is 0 Å². The summed E-state index contributed by atoms with van der Waals surface area (Å²) in [5.41, 5.74) is 0.918. The number of nitrogens with one attached hydrogen (secondary N) is 1. The lowest BCUT2D eigenvalue weighted by Crippen LogP contribution is -2.36. The van der Waals surface area contributed by atoms with Crippen molar-refractivity contribution in [1.29, 1.82) is 0 Å². The van der Waals surface area contributed by atoms with Crippen LogP contribution in [0.15, 0.2) is 24.3 Å². The van der Waals surface area contributed by atoms with E-state index in [-0.39, 0.29) is 6.61 Å². The van der Waals surface area contributed by atoms with Gasteiger partial charge in [-0.25, -0.2) is 4.98 Å². The van der Waals surface area contributed by atoms with Crippen molar-refractivity contribution in [2.24, 2.45) is 0 Å². The lowest BCUT2D eigenvalue weighted by molar-refractivity contribution is 0.311. The van der Waals surface area contributed by atoms with Crippen LogP contribution in [-0.2, 0) is 13.0 Å². The summed E-state index contributed by atoms with van der Waals surface area (Å²) < 4.78 is 2.37. The molecule has 1 fully saturated rings. The maximum Gasteiger partial charge on any atom is 0.227 e. The first kappa shape index (κ1) is 19.2. The summed E-state index contributed by atoms with van der Waals surface area (Å²) in [6.45, 7) is 3.37. The lowest BCUT2D eigenvalue weighted by atomic mass is 9.97. The molecule has 8 heteroatoms. The number of rotatable bonds is 5. The van der Waals surface area contributed by atoms with Crippen molar-refractivity contribution in [3.63, 3.8) is 0 Å². The zero-order valence-corrected chi connectivity index (χ0v) is 17.3. The quantitative estimate of drug-likeness (QED) is 0.672. The smallest absolute Gasteiger partial charge is 0.227 e. The van der Waals surface area contributed by atoms with E-state index in [4.69, 9.17) is 9.97 Å². The molecule has 2 aliphatic rings. The minimum absolute atomic E-state index is 0.0669. The molecular weight excluding hydrogens is 378 g/mol. The molecule has 4 heterocycles. The third kappa shape index (κ3) is 3.71. The van der Waals surface area contributed by atoms with Crippen molar-refractivity contribution >= 4 is 22.7 Å². The zero-order chi connectivity index (χ0) is 20.3. The number of fused-ring (bicyclic) bond motifs is 2. The molecule has 1 saturated heterocycles. The second kappa shape index (κ2) is 8.55. The number of benzene rings is 1. The maximum absolute atomic E-state index is 9.24. The maximum atomic E-state index is 9.24. The number of aliphatic hydroxyl groups is 1. The summed E-state index contributed by atoms with van der Waals surface area (Å²) in [6.07, 6.45) is 6.94. The molecule has 158 valence electrons. The number of piperidine rings is 1. The Morgan fingerprint density at radius 1 is 1.03 bits per heavy atom. The van der Waals surface area contributed by atoms with E-state index in [9.17, 15) is 5.11 Å². The highest BCUT2D eigenvalue weighted by Crippen LogP contribution is 2.31. The number of aliphatic hydroxyl groups excluding tert-OH is 1. The Balaban J connectivity index is 1.44. The molecule has 2 aliphatic heterocycles. The van der Waals surface area contributed by atoms with Gasteiger partial charge in [-0.05, 0) is 37.8 Å². The molecule has 1 atom stereocenters. The summed E-state index contributed by atoms with van der Waals surface area (Å²) in [7, 11) is 0. The molecule has 0 aliphatic carbocycles. The standard InChI is InChI=1S/C22H29N7O/c30-14-11-23-20-17-8-3-4-9-18(17)24-22(25-20)28-12-6-7-16(15-28)21-27-26-19-10-2-1-5-13-29(19)21/h3-4,8-9,16,30H,1-2,5-7,10-15H2,(H,23,24,25). The van der Waals surface area contributed by atoms with Gasteiger partial charge < -0.3 is 19.9 Å². The average Bonchev–Trinajstić information content (AvgIpc) is 3.05. The highest BCUT2D eigenvalue weighted by Gasteiger charge is 2.29. The van der Waals surface area contributed by atoms with Crippen LogP contribution in [0.2, 0.25) is 0 Å². The number of anilines is 2. The largest absolute Gasteiger partial charge is 0.395 e. The van der Waals surface area contributed by atoms with Crippen molar-refractivity contribution < 1.29 is 5.11 Å². The molecule has 3 aromatic rings. The van der Waals surface area contributed by atoms with Gasteiger partial charge in [0.15, 0.2) is 0 Å². The van der Waals surface area contributed by atoms with E-state index >= 15 is 0 Å². The monoisotopic (exact) mass is 407 g/mol. The summed E-state index contributed by atoms with van der Waals surface area (Å²) in [6, 6.07) is 8.02. The predicted molar refractivity (Wildman–Crippen MR) is 117 cm³/mol. The van der Waals surface area contributed by atoms with Crippen molar-refractivity contribution in [3.8, 4) is 0 Å². The Kier molecular flexibility index (Phi) is 5.48. The number of aromatic nitrogens is 5. The van der Waals surface area contributed by atoms with Gasteiger partial charge in [-0.2, -0.15) is 4.98 Å². The molecule has 8 nitrogen and oxygen atoms in total. The summed E-state index contributed by atoms with van der Waals surface area (Å²) in [4.78, 5) is 12.0. The normalized spacial score (nSPS) is 19.5. The van der Waals surface area contributed by atoms with Gasteiger partial charge in [-0.3, -0.25) is 0 Å². The Hall–Kier alpha value is -2.74. The van der Waals surface area contributed by atoms with E-state index in [2.05, 4.69) is 25.0 Å².